The fraction of sp³-hybridized carbons (Fsp3) is 0.500. The quantitative estimate of drug-likeness (QED) is 0.873. The van der Waals surface area contributed by atoms with E-state index in [1.165, 1.54) is 0 Å². The smallest absolute Gasteiger partial charge is 0.245 e. The van der Waals surface area contributed by atoms with Crippen LogP contribution in [0.2, 0.25) is 0 Å². The lowest BCUT2D eigenvalue weighted by Crippen LogP contribution is -2.63. The topological polar surface area (TPSA) is 69.6 Å². The van der Waals surface area contributed by atoms with Crippen LogP contribution in [0.4, 0.5) is 0 Å². The zero-order valence-corrected chi connectivity index (χ0v) is 12.7. The van der Waals surface area contributed by atoms with Crippen molar-refractivity contribution < 1.29 is 14.7 Å². The Bertz CT molecular complexity index is 538. The predicted octanol–water partition coefficient (Wildman–Crippen LogP) is 1.02. The molecule has 0 saturated carbocycles. The van der Waals surface area contributed by atoms with Crippen LogP contribution in [0.1, 0.15) is 32.8 Å². The molecule has 0 aliphatic carbocycles. The molecule has 2 N–H and O–H groups in total. The fourth-order valence-electron chi connectivity index (χ4n) is 2.63. The van der Waals surface area contributed by atoms with Crippen LogP contribution >= 0.6 is 0 Å². The van der Waals surface area contributed by atoms with Gasteiger partial charge in [-0.25, -0.2) is 0 Å². The maximum Gasteiger partial charge on any atom is 0.245 e. The van der Waals surface area contributed by atoms with E-state index in [0.29, 0.717) is 18.7 Å². The SMILES string of the molecule is CC(O)(CC(=O)N1CCNC(=O)C1(C)C)c1ccccc1. The highest BCUT2D eigenvalue weighted by Gasteiger charge is 2.42. The molecule has 114 valence electrons. The van der Waals surface area contributed by atoms with Crippen LogP contribution in [0.15, 0.2) is 30.3 Å². The number of carbonyl (C=O) groups is 2. The number of nitrogens with one attached hydrogen (secondary N) is 1. The van der Waals surface area contributed by atoms with E-state index in [2.05, 4.69) is 5.32 Å². The molecule has 21 heavy (non-hydrogen) atoms. The molecule has 1 aliphatic heterocycles. The lowest BCUT2D eigenvalue weighted by Gasteiger charge is -2.42. The van der Waals surface area contributed by atoms with Crippen molar-refractivity contribution in [1.29, 1.82) is 0 Å². The van der Waals surface area contributed by atoms with Gasteiger partial charge >= 0.3 is 0 Å². The normalized spacial score (nSPS) is 20.6. The maximum absolute atomic E-state index is 12.5. The Morgan fingerprint density at radius 2 is 2.00 bits per heavy atom. The Hall–Kier alpha value is -1.88. The van der Waals surface area contributed by atoms with Gasteiger partial charge in [-0.05, 0) is 26.3 Å². The van der Waals surface area contributed by atoms with Crippen molar-refractivity contribution in [3.63, 3.8) is 0 Å². The van der Waals surface area contributed by atoms with Crippen LogP contribution in [-0.4, -0.2) is 40.4 Å². The summed E-state index contributed by atoms with van der Waals surface area (Å²) in [6.45, 7) is 5.97. The molecule has 5 heteroatoms. The number of rotatable bonds is 3. The van der Waals surface area contributed by atoms with E-state index in [1.807, 2.05) is 18.2 Å². The zero-order chi connectivity index (χ0) is 15.7. The van der Waals surface area contributed by atoms with Crippen LogP contribution in [0.25, 0.3) is 0 Å². The second kappa shape index (κ2) is 5.48. The van der Waals surface area contributed by atoms with Crippen LogP contribution in [-0.2, 0) is 15.2 Å². The summed E-state index contributed by atoms with van der Waals surface area (Å²) in [4.78, 5) is 26.0. The Morgan fingerprint density at radius 1 is 1.38 bits per heavy atom. The summed E-state index contributed by atoms with van der Waals surface area (Å²) in [6, 6.07) is 9.10. The van der Waals surface area contributed by atoms with Crippen molar-refractivity contribution in [3.05, 3.63) is 35.9 Å². The molecule has 1 atom stereocenters. The Labute approximate surface area is 125 Å². The van der Waals surface area contributed by atoms with Gasteiger partial charge in [-0.1, -0.05) is 30.3 Å². The monoisotopic (exact) mass is 290 g/mol. The Morgan fingerprint density at radius 3 is 2.62 bits per heavy atom. The van der Waals surface area contributed by atoms with E-state index >= 15 is 0 Å². The lowest BCUT2D eigenvalue weighted by molar-refractivity contribution is -0.152. The molecule has 2 rings (SSSR count). The van der Waals surface area contributed by atoms with Gasteiger partial charge in [0.25, 0.3) is 0 Å². The molecule has 0 aromatic heterocycles. The van der Waals surface area contributed by atoms with Crippen molar-refractivity contribution in [2.24, 2.45) is 0 Å². The molecule has 0 bridgehead atoms. The first-order valence-electron chi connectivity index (χ1n) is 7.12. The molecular formula is C16H22N2O3. The second-order valence-electron chi connectivity index (χ2n) is 6.18. The zero-order valence-electron chi connectivity index (χ0n) is 12.7. The first-order chi connectivity index (χ1) is 9.75. The minimum Gasteiger partial charge on any atom is -0.385 e. The summed E-state index contributed by atoms with van der Waals surface area (Å²) in [7, 11) is 0. The first-order valence-corrected chi connectivity index (χ1v) is 7.12. The van der Waals surface area contributed by atoms with Gasteiger partial charge in [0.15, 0.2) is 0 Å². The molecule has 0 spiro atoms. The predicted molar refractivity (Wildman–Crippen MR) is 79.4 cm³/mol. The van der Waals surface area contributed by atoms with Crippen LogP contribution in [0.3, 0.4) is 0 Å². The molecule has 1 aromatic rings. The van der Waals surface area contributed by atoms with Crippen molar-refractivity contribution in [2.45, 2.75) is 38.3 Å². The number of hydrogen-bond acceptors (Lipinski definition) is 3. The molecule has 0 radical (unpaired) electrons. The molecule has 1 unspecified atom stereocenters. The van der Waals surface area contributed by atoms with Crippen molar-refractivity contribution in [2.75, 3.05) is 13.1 Å². The largest absolute Gasteiger partial charge is 0.385 e. The van der Waals surface area contributed by atoms with E-state index < -0.39 is 11.1 Å². The third-order valence-electron chi connectivity index (χ3n) is 4.04. The second-order valence-corrected chi connectivity index (χ2v) is 6.18. The number of piperazine rings is 1. The summed E-state index contributed by atoms with van der Waals surface area (Å²) < 4.78 is 0. The van der Waals surface area contributed by atoms with Crippen LogP contribution in [0, 0.1) is 0 Å². The number of aliphatic hydroxyl groups is 1. The average Bonchev–Trinajstić information content (AvgIpc) is 2.42. The summed E-state index contributed by atoms with van der Waals surface area (Å²) >= 11 is 0. The van der Waals surface area contributed by atoms with E-state index in [1.54, 1.807) is 37.8 Å². The maximum atomic E-state index is 12.5. The van der Waals surface area contributed by atoms with E-state index in [4.69, 9.17) is 0 Å². The summed E-state index contributed by atoms with van der Waals surface area (Å²) in [5, 5.41) is 13.3. The van der Waals surface area contributed by atoms with Crippen molar-refractivity contribution in [1.82, 2.24) is 10.2 Å². The molecule has 1 aliphatic rings. The number of carbonyl (C=O) groups excluding carboxylic acids is 2. The standard InChI is InChI=1S/C16H22N2O3/c1-15(2)14(20)17-9-10-18(15)13(19)11-16(3,21)12-7-5-4-6-8-12/h4-8,21H,9-11H2,1-3H3,(H,17,20). The van der Waals surface area contributed by atoms with Gasteiger partial charge in [0.1, 0.15) is 5.54 Å². The summed E-state index contributed by atoms with van der Waals surface area (Å²) in [5.41, 5.74) is -1.44. The van der Waals surface area contributed by atoms with E-state index in [-0.39, 0.29) is 18.2 Å². The average molecular weight is 290 g/mol. The van der Waals surface area contributed by atoms with E-state index in [9.17, 15) is 14.7 Å². The summed E-state index contributed by atoms with van der Waals surface area (Å²) in [6.07, 6.45) is -0.0479. The number of amides is 2. The molecule has 1 saturated heterocycles. The van der Waals surface area contributed by atoms with Crippen LogP contribution < -0.4 is 5.32 Å². The molecule has 1 aromatic carbocycles. The van der Waals surface area contributed by atoms with Crippen LogP contribution in [0.5, 0.6) is 0 Å². The molecule has 1 heterocycles. The highest BCUT2D eigenvalue weighted by Crippen LogP contribution is 2.27. The fourth-order valence-corrected chi connectivity index (χ4v) is 2.63. The van der Waals surface area contributed by atoms with Gasteiger partial charge in [-0.3, -0.25) is 9.59 Å². The van der Waals surface area contributed by atoms with E-state index in [0.717, 1.165) is 0 Å². The Balaban J connectivity index is 2.16. The summed E-state index contributed by atoms with van der Waals surface area (Å²) in [5.74, 6) is -0.384. The van der Waals surface area contributed by atoms with Gasteiger partial charge in [0, 0.05) is 13.1 Å². The van der Waals surface area contributed by atoms with Crippen molar-refractivity contribution >= 4 is 11.8 Å². The third kappa shape index (κ3) is 3.08. The van der Waals surface area contributed by atoms with Gasteiger partial charge in [0.05, 0.1) is 12.0 Å². The highest BCUT2D eigenvalue weighted by atomic mass is 16.3. The number of nitrogens with zero attached hydrogens (tertiary/aromatic N) is 1. The molecule has 1 fully saturated rings. The minimum absolute atomic E-state index is 0.0479. The van der Waals surface area contributed by atoms with Gasteiger partial charge in [0.2, 0.25) is 11.8 Å². The first kappa shape index (κ1) is 15.5. The Kier molecular flexibility index (Phi) is 4.05. The lowest BCUT2D eigenvalue weighted by atomic mass is 9.90. The van der Waals surface area contributed by atoms with Crippen molar-refractivity contribution in [3.8, 4) is 0 Å². The third-order valence-corrected chi connectivity index (χ3v) is 4.04. The minimum atomic E-state index is -1.25. The molecule has 5 nitrogen and oxygen atoms in total. The van der Waals surface area contributed by atoms with Gasteiger partial charge in [-0.15, -0.1) is 0 Å². The molecule has 2 amide bonds. The van der Waals surface area contributed by atoms with Gasteiger partial charge < -0.3 is 15.3 Å². The van der Waals surface area contributed by atoms with Gasteiger partial charge in [-0.2, -0.15) is 0 Å². The number of benzene rings is 1. The molecular weight excluding hydrogens is 268 g/mol. The number of hydrogen-bond donors (Lipinski definition) is 2. The highest BCUT2D eigenvalue weighted by molar-refractivity contribution is 5.92.